The van der Waals surface area contributed by atoms with Crippen LogP contribution in [-0.2, 0) is 9.53 Å². The molecule has 0 aromatic heterocycles. The Balaban J connectivity index is 1.81. The van der Waals surface area contributed by atoms with Crippen LogP contribution < -0.4 is 4.74 Å². The van der Waals surface area contributed by atoms with Gasteiger partial charge < -0.3 is 14.6 Å². The van der Waals surface area contributed by atoms with Crippen LogP contribution in [0.1, 0.15) is 44.6 Å². The van der Waals surface area contributed by atoms with Crippen LogP contribution in [0.3, 0.4) is 0 Å². The predicted molar refractivity (Wildman–Crippen MR) is 87.4 cm³/mol. The first-order valence-electron chi connectivity index (χ1n) is 8.15. The summed E-state index contributed by atoms with van der Waals surface area (Å²) in [6.45, 7) is 2.41. The van der Waals surface area contributed by atoms with Gasteiger partial charge in [0.25, 0.3) is 0 Å². The number of benzene rings is 1. The highest BCUT2D eigenvalue weighted by Crippen LogP contribution is 2.31. The van der Waals surface area contributed by atoms with Gasteiger partial charge >= 0.3 is 5.97 Å². The first kappa shape index (κ1) is 15.6. The maximum Gasteiger partial charge on any atom is 0.363 e. The second kappa shape index (κ2) is 6.86. The molecule has 0 saturated heterocycles. The van der Waals surface area contributed by atoms with Gasteiger partial charge in [-0.15, -0.1) is 0 Å². The average Bonchev–Trinajstić information content (AvgIpc) is 2.92. The van der Waals surface area contributed by atoms with Crippen molar-refractivity contribution in [1.82, 2.24) is 0 Å². The second-order valence-corrected chi connectivity index (χ2v) is 5.86. The molecule has 0 unspecified atom stereocenters. The predicted octanol–water partition coefficient (Wildman–Crippen LogP) is 3.67. The first-order valence-corrected chi connectivity index (χ1v) is 8.15. The quantitative estimate of drug-likeness (QED) is 0.680. The van der Waals surface area contributed by atoms with Crippen LogP contribution in [-0.4, -0.2) is 23.6 Å². The van der Waals surface area contributed by atoms with E-state index in [1.807, 2.05) is 6.92 Å². The number of cyclic esters (lactones) is 1. The molecule has 5 heteroatoms. The Morgan fingerprint density at radius 2 is 2.13 bits per heavy atom. The van der Waals surface area contributed by atoms with E-state index < -0.39 is 5.97 Å². The molecule has 2 aliphatic rings. The third kappa shape index (κ3) is 3.55. The topological polar surface area (TPSA) is 68.1 Å². The Kier molecular flexibility index (Phi) is 4.65. The lowest BCUT2D eigenvalue weighted by molar-refractivity contribution is -0.130. The van der Waals surface area contributed by atoms with Gasteiger partial charge in [0.15, 0.2) is 5.70 Å². The molecule has 0 atom stereocenters. The van der Waals surface area contributed by atoms with Crippen molar-refractivity contribution in [2.24, 2.45) is 10.9 Å². The Morgan fingerprint density at radius 1 is 1.35 bits per heavy atom. The molecule has 0 spiro atoms. The van der Waals surface area contributed by atoms with Gasteiger partial charge in [-0.25, -0.2) is 9.79 Å². The van der Waals surface area contributed by atoms with Crippen molar-refractivity contribution in [2.75, 3.05) is 6.61 Å². The Hall–Kier alpha value is -2.30. The monoisotopic (exact) mass is 315 g/mol. The minimum atomic E-state index is -0.446. The summed E-state index contributed by atoms with van der Waals surface area (Å²) >= 11 is 0. The molecule has 3 rings (SSSR count). The normalized spacial score (nSPS) is 20.5. The number of carbonyl (C=O) groups is 1. The lowest BCUT2D eigenvalue weighted by atomic mass is 9.89. The van der Waals surface area contributed by atoms with Crippen molar-refractivity contribution in [1.29, 1.82) is 0 Å². The molecule has 1 saturated carbocycles. The summed E-state index contributed by atoms with van der Waals surface area (Å²) in [7, 11) is 0. The molecule has 23 heavy (non-hydrogen) atoms. The van der Waals surface area contributed by atoms with Gasteiger partial charge in [0, 0.05) is 17.5 Å². The molecule has 1 aliphatic heterocycles. The van der Waals surface area contributed by atoms with Crippen molar-refractivity contribution in [3.8, 4) is 11.5 Å². The van der Waals surface area contributed by atoms with Gasteiger partial charge in [-0.2, -0.15) is 0 Å². The Labute approximate surface area is 135 Å². The molecular weight excluding hydrogens is 294 g/mol. The molecule has 0 amide bonds. The van der Waals surface area contributed by atoms with Crippen molar-refractivity contribution >= 4 is 17.9 Å². The van der Waals surface area contributed by atoms with Gasteiger partial charge in [-0.1, -0.05) is 19.3 Å². The van der Waals surface area contributed by atoms with Gasteiger partial charge in [0.2, 0.25) is 5.90 Å². The highest BCUT2D eigenvalue weighted by atomic mass is 16.6. The van der Waals surface area contributed by atoms with E-state index >= 15 is 0 Å². The summed E-state index contributed by atoms with van der Waals surface area (Å²) in [5.74, 6) is 0.975. The number of aliphatic imine (C=N–C) groups is 1. The summed E-state index contributed by atoms with van der Waals surface area (Å²) in [4.78, 5) is 16.4. The maximum absolute atomic E-state index is 12.0. The number of ether oxygens (including phenoxy) is 2. The lowest BCUT2D eigenvalue weighted by Gasteiger charge is -2.19. The van der Waals surface area contributed by atoms with Crippen LogP contribution in [0.25, 0.3) is 6.08 Å². The third-order valence-corrected chi connectivity index (χ3v) is 4.20. The van der Waals surface area contributed by atoms with E-state index in [0.717, 1.165) is 25.7 Å². The zero-order valence-corrected chi connectivity index (χ0v) is 13.2. The number of phenols is 1. The van der Waals surface area contributed by atoms with Crippen molar-refractivity contribution in [2.45, 2.75) is 39.0 Å². The van der Waals surface area contributed by atoms with Gasteiger partial charge in [-0.3, -0.25) is 0 Å². The number of phenolic OH excluding ortho intramolecular Hbond substituents is 1. The standard InChI is InChI=1S/C18H21NO4/c1-2-22-14-9-8-13(16(20)11-14)10-15-18(21)23-17(19-15)12-6-4-3-5-7-12/h8-12,20H,2-7H2,1H3/b15-10+. The number of hydrogen-bond donors (Lipinski definition) is 1. The van der Waals surface area contributed by atoms with Crippen molar-refractivity contribution in [3.05, 3.63) is 29.5 Å². The number of nitrogens with zero attached hydrogens (tertiary/aromatic N) is 1. The minimum absolute atomic E-state index is 0.0533. The summed E-state index contributed by atoms with van der Waals surface area (Å²) in [6.07, 6.45) is 7.14. The van der Waals surface area contributed by atoms with Crippen LogP contribution >= 0.6 is 0 Å². The van der Waals surface area contributed by atoms with Gasteiger partial charge in [0.1, 0.15) is 11.5 Å². The van der Waals surface area contributed by atoms with Gasteiger partial charge in [-0.05, 0) is 38.0 Å². The van der Waals surface area contributed by atoms with E-state index in [0.29, 0.717) is 23.8 Å². The minimum Gasteiger partial charge on any atom is -0.507 e. The van der Waals surface area contributed by atoms with Crippen molar-refractivity contribution < 1.29 is 19.4 Å². The highest BCUT2D eigenvalue weighted by molar-refractivity contribution is 6.08. The molecular formula is C18H21NO4. The molecule has 1 fully saturated rings. The van der Waals surface area contributed by atoms with E-state index in [2.05, 4.69) is 4.99 Å². The fraction of sp³-hybridized carbons (Fsp3) is 0.444. The summed E-state index contributed by atoms with van der Waals surface area (Å²) in [5.41, 5.74) is 0.763. The van der Waals surface area contributed by atoms with Gasteiger partial charge in [0.05, 0.1) is 6.61 Å². The Bertz CT molecular complexity index is 657. The third-order valence-electron chi connectivity index (χ3n) is 4.20. The number of hydrogen-bond acceptors (Lipinski definition) is 5. The molecule has 0 bridgehead atoms. The average molecular weight is 315 g/mol. The van der Waals surface area contributed by atoms with Crippen LogP contribution in [0.2, 0.25) is 0 Å². The number of aromatic hydroxyl groups is 1. The molecule has 1 aromatic rings. The smallest absolute Gasteiger partial charge is 0.363 e. The van der Waals surface area contributed by atoms with E-state index in [1.54, 1.807) is 18.2 Å². The molecule has 1 heterocycles. The van der Waals surface area contributed by atoms with Crippen LogP contribution in [0.4, 0.5) is 0 Å². The second-order valence-electron chi connectivity index (χ2n) is 5.86. The summed E-state index contributed by atoms with van der Waals surface area (Å²) in [6, 6.07) is 4.98. The largest absolute Gasteiger partial charge is 0.507 e. The zero-order chi connectivity index (χ0) is 16.2. The number of esters is 1. The molecule has 1 aromatic carbocycles. The maximum atomic E-state index is 12.0. The van der Waals surface area contributed by atoms with E-state index in [-0.39, 0.29) is 17.4 Å². The van der Waals surface area contributed by atoms with E-state index in [1.165, 1.54) is 12.5 Å². The van der Waals surface area contributed by atoms with E-state index in [4.69, 9.17) is 9.47 Å². The number of rotatable bonds is 4. The van der Waals surface area contributed by atoms with Crippen LogP contribution in [0.15, 0.2) is 28.9 Å². The molecule has 1 aliphatic carbocycles. The molecule has 1 N–H and O–H groups in total. The first-order chi connectivity index (χ1) is 11.2. The molecule has 0 radical (unpaired) electrons. The fourth-order valence-electron chi connectivity index (χ4n) is 3.00. The lowest BCUT2D eigenvalue weighted by Crippen LogP contribution is -2.19. The SMILES string of the molecule is CCOc1ccc(/C=C2/N=C(C3CCCCC3)OC2=O)c(O)c1. The zero-order valence-electron chi connectivity index (χ0n) is 13.2. The van der Waals surface area contributed by atoms with Crippen LogP contribution in [0.5, 0.6) is 11.5 Å². The van der Waals surface area contributed by atoms with Crippen LogP contribution in [0, 0.1) is 5.92 Å². The number of carbonyl (C=O) groups excluding carboxylic acids is 1. The molecule has 5 nitrogen and oxygen atoms in total. The summed E-state index contributed by atoms with van der Waals surface area (Å²) < 4.78 is 10.7. The highest BCUT2D eigenvalue weighted by Gasteiger charge is 2.30. The fourth-order valence-corrected chi connectivity index (χ4v) is 3.00. The Morgan fingerprint density at radius 3 is 2.83 bits per heavy atom. The summed E-state index contributed by atoms with van der Waals surface area (Å²) in [5, 5.41) is 10.1. The molecule has 122 valence electrons. The van der Waals surface area contributed by atoms with E-state index in [9.17, 15) is 9.90 Å². The van der Waals surface area contributed by atoms with Crippen molar-refractivity contribution in [3.63, 3.8) is 0 Å².